The van der Waals surface area contributed by atoms with Gasteiger partial charge in [-0.3, -0.25) is 9.78 Å². The van der Waals surface area contributed by atoms with Crippen LogP contribution in [0.15, 0.2) is 61.3 Å². The van der Waals surface area contributed by atoms with Crippen molar-refractivity contribution in [3.8, 4) is 11.4 Å². The maximum atomic E-state index is 13.0. The average Bonchev–Trinajstić information content (AvgIpc) is 3.27. The lowest BCUT2D eigenvalue weighted by atomic mass is 10.0. The minimum atomic E-state index is -0.137. The number of carbonyl (C=O) groups is 1. The number of imidazole rings is 1. The standard InChI is InChI=1S/C22H20ClN5O/c1-15-18(23)7-6-16-17(22(29)26-9-4-11-28-12-10-24-14-28)13-20(27-21(15)16)19-5-2-3-8-25-19/h2-3,5-8,10,12-14H,4,9,11H2,1H3,(H,26,29). The molecular formula is C22H20ClN5O. The zero-order chi connectivity index (χ0) is 20.2. The van der Waals surface area contributed by atoms with Gasteiger partial charge in [0, 0.05) is 42.1 Å². The molecule has 0 aliphatic carbocycles. The Bertz CT molecular complexity index is 1140. The van der Waals surface area contributed by atoms with Crippen molar-refractivity contribution in [2.45, 2.75) is 19.9 Å². The molecule has 0 aliphatic rings. The Kier molecular flexibility index (Phi) is 5.53. The summed E-state index contributed by atoms with van der Waals surface area (Å²) in [6, 6.07) is 11.1. The average molecular weight is 406 g/mol. The number of rotatable bonds is 6. The van der Waals surface area contributed by atoms with Crippen molar-refractivity contribution in [2.24, 2.45) is 0 Å². The Morgan fingerprint density at radius 2 is 2.07 bits per heavy atom. The van der Waals surface area contributed by atoms with Gasteiger partial charge in [0.2, 0.25) is 0 Å². The molecule has 29 heavy (non-hydrogen) atoms. The van der Waals surface area contributed by atoms with E-state index in [4.69, 9.17) is 16.6 Å². The lowest BCUT2D eigenvalue weighted by Gasteiger charge is -2.12. The van der Waals surface area contributed by atoms with Gasteiger partial charge in [0.05, 0.1) is 28.8 Å². The van der Waals surface area contributed by atoms with Crippen LogP contribution in [0.4, 0.5) is 0 Å². The van der Waals surface area contributed by atoms with Gasteiger partial charge in [-0.05, 0) is 43.2 Å². The smallest absolute Gasteiger partial charge is 0.252 e. The van der Waals surface area contributed by atoms with Crippen LogP contribution in [0.1, 0.15) is 22.3 Å². The molecular weight excluding hydrogens is 386 g/mol. The molecule has 0 unspecified atom stereocenters. The summed E-state index contributed by atoms with van der Waals surface area (Å²) in [5.74, 6) is -0.137. The van der Waals surface area contributed by atoms with Crippen LogP contribution in [0.2, 0.25) is 5.02 Å². The number of hydrogen-bond donors (Lipinski definition) is 1. The van der Waals surface area contributed by atoms with E-state index in [9.17, 15) is 4.79 Å². The number of fused-ring (bicyclic) bond motifs is 1. The van der Waals surface area contributed by atoms with E-state index in [1.807, 2.05) is 42.0 Å². The lowest BCUT2D eigenvalue weighted by Crippen LogP contribution is -2.25. The van der Waals surface area contributed by atoms with E-state index >= 15 is 0 Å². The summed E-state index contributed by atoms with van der Waals surface area (Å²) in [6.07, 6.45) is 7.94. The Morgan fingerprint density at radius 3 is 2.83 bits per heavy atom. The fourth-order valence-electron chi connectivity index (χ4n) is 3.22. The molecule has 7 heteroatoms. The summed E-state index contributed by atoms with van der Waals surface area (Å²) in [4.78, 5) is 26.1. The fourth-order valence-corrected chi connectivity index (χ4v) is 3.37. The highest BCUT2D eigenvalue weighted by atomic mass is 35.5. The van der Waals surface area contributed by atoms with Crippen molar-refractivity contribution in [3.63, 3.8) is 0 Å². The molecule has 146 valence electrons. The second kappa shape index (κ2) is 8.41. The van der Waals surface area contributed by atoms with Crippen LogP contribution in [-0.4, -0.2) is 32.0 Å². The molecule has 1 amide bonds. The number of nitrogens with one attached hydrogen (secondary N) is 1. The summed E-state index contributed by atoms with van der Waals surface area (Å²) in [6.45, 7) is 3.27. The van der Waals surface area contributed by atoms with Gasteiger partial charge in [0.15, 0.2) is 0 Å². The second-order valence-corrected chi connectivity index (χ2v) is 7.16. The van der Waals surface area contributed by atoms with Crippen LogP contribution in [0.5, 0.6) is 0 Å². The van der Waals surface area contributed by atoms with Gasteiger partial charge >= 0.3 is 0 Å². The number of amides is 1. The van der Waals surface area contributed by atoms with Crippen LogP contribution in [0.25, 0.3) is 22.3 Å². The predicted molar refractivity (Wildman–Crippen MR) is 114 cm³/mol. The molecule has 0 saturated carbocycles. The van der Waals surface area contributed by atoms with E-state index in [2.05, 4.69) is 15.3 Å². The minimum Gasteiger partial charge on any atom is -0.352 e. The van der Waals surface area contributed by atoms with Crippen LogP contribution in [0.3, 0.4) is 0 Å². The minimum absolute atomic E-state index is 0.137. The molecule has 3 heterocycles. The van der Waals surface area contributed by atoms with Gasteiger partial charge in [-0.2, -0.15) is 0 Å². The maximum Gasteiger partial charge on any atom is 0.252 e. The number of aryl methyl sites for hydroxylation is 2. The summed E-state index contributed by atoms with van der Waals surface area (Å²) in [5, 5.41) is 4.41. The molecule has 3 aromatic heterocycles. The number of aromatic nitrogens is 4. The number of pyridine rings is 2. The molecule has 4 aromatic rings. The first-order chi connectivity index (χ1) is 14.1. The number of hydrogen-bond acceptors (Lipinski definition) is 4. The number of benzene rings is 1. The Hall–Kier alpha value is -3.25. The highest BCUT2D eigenvalue weighted by molar-refractivity contribution is 6.32. The lowest BCUT2D eigenvalue weighted by molar-refractivity contribution is 0.0954. The zero-order valence-electron chi connectivity index (χ0n) is 16.0. The van der Waals surface area contributed by atoms with Gasteiger partial charge in [-0.25, -0.2) is 9.97 Å². The summed E-state index contributed by atoms with van der Waals surface area (Å²) in [5.41, 5.74) is 3.48. The first-order valence-corrected chi connectivity index (χ1v) is 9.76. The number of halogens is 1. The van der Waals surface area contributed by atoms with E-state index in [0.29, 0.717) is 34.0 Å². The molecule has 0 fully saturated rings. The fraction of sp³-hybridized carbons (Fsp3) is 0.182. The van der Waals surface area contributed by atoms with Crippen LogP contribution < -0.4 is 5.32 Å². The molecule has 0 aliphatic heterocycles. The zero-order valence-corrected chi connectivity index (χ0v) is 16.7. The molecule has 0 radical (unpaired) electrons. The van der Waals surface area contributed by atoms with Crippen LogP contribution in [-0.2, 0) is 6.54 Å². The molecule has 4 rings (SSSR count). The van der Waals surface area contributed by atoms with Crippen molar-refractivity contribution in [2.75, 3.05) is 6.54 Å². The largest absolute Gasteiger partial charge is 0.352 e. The maximum absolute atomic E-state index is 13.0. The summed E-state index contributed by atoms with van der Waals surface area (Å²) >= 11 is 6.31. The Balaban J connectivity index is 1.64. The SMILES string of the molecule is Cc1c(Cl)ccc2c(C(=O)NCCCn3ccnc3)cc(-c3ccccn3)nc12. The van der Waals surface area contributed by atoms with Crippen molar-refractivity contribution in [1.29, 1.82) is 0 Å². The number of carbonyl (C=O) groups excluding carboxylic acids is 1. The molecule has 1 aromatic carbocycles. The van der Waals surface area contributed by atoms with Gasteiger partial charge < -0.3 is 9.88 Å². The highest BCUT2D eigenvalue weighted by Gasteiger charge is 2.16. The third-order valence-electron chi connectivity index (χ3n) is 4.78. The molecule has 0 bridgehead atoms. The Labute approximate surface area is 173 Å². The quantitative estimate of drug-likeness (QED) is 0.486. The first-order valence-electron chi connectivity index (χ1n) is 9.38. The summed E-state index contributed by atoms with van der Waals surface area (Å²) in [7, 11) is 0. The van der Waals surface area contributed by atoms with E-state index < -0.39 is 0 Å². The first kappa shape index (κ1) is 19.1. The second-order valence-electron chi connectivity index (χ2n) is 6.75. The van der Waals surface area contributed by atoms with E-state index in [1.54, 1.807) is 30.9 Å². The van der Waals surface area contributed by atoms with Crippen LogP contribution >= 0.6 is 11.6 Å². The van der Waals surface area contributed by atoms with E-state index in [0.717, 1.165) is 23.9 Å². The number of nitrogens with zero attached hydrogens (tertiary/aromatic N) is 4. The third kappa shape index (κ3) is 4.12. The third-order valence-corrected chi connectivity index (χ3v) is 5.19. The highest BCUT2D eigenvalue weighted by Crippen LogP contribution is 2.29. The van der Waals surface area contributed by atoms with Gasteiger partial charge in [-0.15, -0.1) is 0 Å². The van der Waals surface area contributed by atoms with Gasteiger partial charge in [-0.1, -0.05) is 23.7 Å². The monoisotopic (exact) mass is 405 g/mol. The van der Waals surface area contributed by atoms with Crippen molar-refractivity contribution >= 4 is 28.4 Å². The molecule has 0 atom stereocenters. The predicted octanol–water partition coefficient (Wildman–Crippen LogP) is 4.28. The van der Waals surface area contributed by atoms with Crippen molar-refractivity contribution < 1.29 is 4.79 Å². The Morgan fingerprint density at radius 1 is 1.17 bits per heavy atom. The molecule has 1 N–H and O–H groups in total. The van der Waals surface area contributed by atoms with Crippen LogP contribution in [0, 0.1) is 6.92 Å². The van der Waals surface area contributed by atoms with Gasteiger partial charge in [0.1, 0.15) is 0 Å². The molecule has 6 nitrogen and oxygen atoms in total. The van der Waals surface area contributed by atoms with Crippen molar-refractivity contribution in [1.82, 2.24) is 24.8 Å². The molecule has 0 saturated heterocycles. The van der Waals surface area contributed by atoms with E-state index in [-0.39, 0.29) is 5.91 Å². The topological polar surface area (TPSA) is 72.7 Å². The van der Waals surface area contributed by atoms with Gasteiger partial charge in [0.25, 0.3) is 5.91 Å². The van der Waals surface area contributed by atoms with E-state index in [1.165, 1.54) is 0 Å². The molecule has 0 spiro atoms. The normalized spacial score (nSPS) is 11.0. The summed E-state index contributed by atoms with van der Waals surface area (Å²) < 4.78 is 1.98. The van der Waals surface area contributed by atoms with Crippen molar-refractivity contribution in [3.05, 3.63) is 77.5 Å².